The average Bonchev–Trinajstić information content (AvgIpc) is 2.28. The summed E-state index contributed by atoms with van der Waals surface area (Å²) in [5.74, 6) is 0.540. The van der Waals surface area contributed by atoms with Gasteiger partial charge < -0.3 is 5.73 Å². The van der Waals surface area contributed by atoms with Gasteiger partial charge in [-0.05, 0) is 37.3 Å². The van der Waals surface area contributed by atoms with Crippen LogP contribution in [-0.4, -0.2) is 11.7 Å². The van der Waals surface area contributed by atoms with Crippen molar-refractivity contribution in [3.63, 3.8) is 0 Å². The van der Waals surface area contributed by atoms with Crippen molar-refractivity contribution in [2.24, 2.45) is 10.8 Å². The van der Waals surface area contributed by atoms with Gasteiger partial charge in [-0.3, -0.25) is 0 Å². The molecule has 0 heterocycles. The molecule has 0 unspecified atom stereocenters. The maximum atomic E-state index is 10.7. The first-order valence-electron chi connectivity index (χ1n) is 5.81. The predicted octanol–water partition coefficient (Wildman–Crippen LogP) is 2.26. The highest BCUT2D eigenvalue weighted by atomic mass is 16.2. The maximum absolute atomic E-state index is 10.7. The van der Waals surface area contributed by atoms with Gasteiger partial charge in [0.25, 0.3) is 0 Å². The molecule has 1 aromatic rings. The molecular formula is C13H17N3O. The first-order chi connectivity index (χ1) is 8.08. The van der Waals surface area contributed by atoms with Crippen LogP contribution < -0.4 is 11.2 Å². The fraction of sp³-hybridized carbons (Fsp3) is 0.385. The molecule has 3 N–H and O–H groups in total. The molecule has 1 aromatic carbocycles. The molecule has 0 spiro atoms. The van der Waals surface area contributed by atoms with Crippen molar-refractivity contribution in [2.75, 3.05) is 0 Å². The van der Waals surface area contributed by atoms with E-state index in [0.717, 1.165) is 24.1 Å². The molecule has 0 aromatic heterocycles. The Morgan fingerprint density at radius 1 is 1.53 bits per heavy atom. The number of hydrogen-bond acceptors (Lipinski definition) is 2. The van der Waals surface area contributed by atoms with Gasteiger partial charge in [-0.25, -0.2) is 10.2 Å². The Morgan fingerprint density at radius 3 is 3.00 bits per heavy atom. The van der Waals surface area contributed by atoms with E-state index in [1.54, 1.807) is 0 Å². The van der Waals surface area contributed by atoms with Gasteiger partial charge >= 0.3 is 6.03 Å². The third-order valence-corrected chi connectivity index (χ3v) is 3.17. The number of urea groups is 1. The lowest BCUT2D eigenvalue weighted by Gasteiger charge is -2.24. The Hall–Kier alpha value is -1.84. The molecule has 0 aliphatic heterocycles. The summed E-state index contributed by atoms with van der Waals surface area (Å²) in [6, 6.07) is 5.76. The summed E-state index contributed by atoms with van der Waals surface area (Å²) in [7, 11) is 0. The van der Waals surface area contributed by atoms with Crippen LogP contribution in [0.25, 0.3) is 0 Å². The Labute approximate surface area is 101 Å². The highest BCUT2D eigenvalue weighted by molar-refractivity contribution is 6.03. The summed E-state index contributed by atoms with van der Waals surface area (Å²) in [6.45, 7) is 4.27. The van der Waals surface area contributed by atoms with E-state index in [-0.39, 0.29) is 0 Å². The number of nitrogens with two attached hydrogens (primary N) is 1. The van der Waals surface area contributed by atoms with Crippen LogP contribution in [0.4, 0.5) is 4.79 Å². The topological polar surface area (TPSA) is 67.5 Å². The van der Waals surface area contributed by atoms with Crippen LogP contribution in [0.15, 0.2) is 23.3 Å². The van der Waals surface area contributed by atoms with Crippen LogP contribution in [0.3, 0.4) is 0 Å². The molecule has 0 fully saturated rings. The zero-order valence-electron chi connectivity index (χ0n) is 10.2. The Bertz CT molecular complexity index is 480. The minimum absolute atomic E-state index is 0.540. The fourth-order valence-electron chi connectivity index (χ4n) is 2.23. The molecule has 4 heteroatoms. The van der Waals surface area contributed by atoms with Crippen molar-refractivity contribution in [3.05, 3.63) is 34.9 Å². The summed E-state index contributed by atoms with van der Waals surface area (Å²) in [5.41, 5.74) is 11.9. The van der Waals surface area contributed by atoms with Gasteiger partial charge in [0, 0.05) is 5.56 Å². The number of nitrogens with one attached hydrogen (secondary N) is 1. The van der Waals surface area contributed by atoms with E-state index >= 15 is 0 Å². The summed E-state index contributed by atoms with van der Waals surface area (Å²) in [4.78, 5) is 10.7. The van der Waals surface area contributed by atoms with Gasteiger partial charge in [-0.1, -0.05) is 24.6 Å². The van der Waals surface area contributed by atoms with Gasteiger partial charge in [0.2, 0.25) is 0 Å². The molecule has 1 aliphatic carbocycles. The zero-order chi connectivity index (χ0) is 12.4. The molecule has 4 nitrogen and oxygen atoms in total. The van der Waals surface area contributed by atoms with E-state index in [2.05, 4.69) is 42.6 Å². The molecule has 0 saturated heterocycles. The van der Waals surface area contributed by atoms with E-state index in [9.17, 15) is 4.79 Å². The number of primary amides is 1. The number of nitrogens with zero attached hydrogens (tertiary/aromatic N) is 1. The van der Waals surface area contributed by atoms with Gasteiger partial charge in [0.05, 0.1) is 5.71 Å². The molecule has 17 heavy (non-hydrogen) atoms. The van der Waals surface area contributed by atoms with Crippen molar-refractivity contribution in [3.8, 4) is 0 Å². The summed E-state index contributed by atoms with van der Waals surface area (Å²) >= 11 is 0. The van der Waals surface area contributed by atoms with Gasteiger partial charge in [-0.2, -0.15) is 5.10 Å². The smallest absolute Gasteiger partial charge is 0.332 e. The second kappa shape index (κ2) is 4.57. The van der Waals surface area contributed by atoms with E-state index in [1.165, 1.54) is 11.1 Å². The van der Waals surface area contributed by atoms with Crippen molar-refractivity contribution < 1.29 is 4.79 Å². The van der Waals surface area contributed by atoms with E-state index in [1.807, 2.05) is 0 Å². The summed E-state index contributed by atoms with van der Waals surface area (Å²) < 4.78 is 0. The molecule has 2 rings (SSSR count). The van der Waals surface area contributed by atoms with Gasteiger partial charge in [-0.15, -0.1) is 0 Å². The number of fused-ring (bicyclic) bond motifs is 1. The van der Waals surface area contributed by atoms with Gasteiger partial charge in [0.15, 0.2) is 0 Å². The van der Waals surface area contributed by atoms with E-state index in [4.69, 9.17) is 5.73 Å². The van der Waals surface area contributed by atoms with Crippen LogP contribution >= 0.6 is 0 Å². The first kappa shape index (κ1) is 11.6. The number of hydrazone groups is 1. The van der Waals surface area contributed by atoms with Crippen LogP contribution in [0.5, 0.6) is 0 Å². The highest BCUT2D eigenvalue weighted by Gasteiger charge is 2.21. The fourth-order valence-corrected chi connectivity index (χ4v) is 2.23. The highest BCUT2D eigenvalue weighted by Crippen LogP contribution is 2.31. The molecule has 1 atom stereocenters. The Kier molecular flexibility index (Phi) is 3.13. The monoisotopic (exact) mass is 231 g/mol. The minimum Gasteiger partial charge on any atom is -0.350 e. The Morgan fingerprint density at radius 2 is 2.29 bits per heavy atom. The number of hydrogen-bond donors (Lipinski definition) is 2. The standard InChI is InChI=1S/C13H17N3O/c1-8-3-5-10-9(2)4-6-12(11(10)7-8)15-16-13(14)17/h3,5,7,9H,4,6H2,1-2H3,(H3,14,16,17)/t9-/m1/s1. The van der Waals surface area contributed by atoms with E-state index in [0.29, 0.717) is 5.92 Å². The van der Waals surface area contributed by atoms with Crippen molar-refractivity contribution in [1.82, 2.24) is 5.43 Å². The van der Waals surface area contributed by atoms with Crippen molar-refractivity contribution >= 4 is 11.7 Å². The lowest BCUT2D eigenvalue weighted by atomic mass is 9.82. The Balaban J connectivity index is 2.40. The molecule has 0 radical (unpaired) electrons. The normalized spacial score (nSPS) is 21.1. The van der Waals surface area contributed by atoms with Crippen molar-refractivity contribution in [2.45, 2.75) is 32.6 Å². The predicted molar refractivity (Wildman–Crippen MR) is 68.1 cm³/mol. The molecule has 2 amide bonds. The lowest BCUT2D eigenvalue weighted by molar-refractivity contribution is 0.249. The molecule has 1 aliphatic rings. The van der Waals surface area contributed by atoms with Crippen LogP contribution in [-0.2, 0) is 0 Å². The lowest BCUT2D eigenvalue weighted by Crippen LogP contribution is -2.27. The average molecular weight is 231 g/mol. The van der Waals surface area contributed by atoms with Crippen LogP contribution in [0, 0.1) is 6.92 Å². The third-order valence-electron chi connectivity index (χ3n) is 3.17. The number of carbonyl (C=O) groups is 1. The first-order valence-corrected chi connectivity index (χ1v) is 5.81. The van der Waals surface area contributed by atoms with Crippen LogP contribution in [0.1, 0.15) is 42.4 Å². The van der Waals surface area contributed by atoms with Gasteiger partial charge in [0.1, 0.15) is 0 Å². The summed E-state index contributed by atoms with van der Waals surface area (Å²) in [5, 5.41) is 4.09. The SMILES string of the molecule is Cc1ccc2c(c1)C(=NNC(N)=O)CC[C@H]2C. The molecule has 90 valence electrons. The molecule has 0 saturated carbocycles. The number of benzene rings is 1. The number of aryl methyl sites for hydroxylation is 1. The van der Waals surface area contributed by atoms with Crippen LogP contribution in [0.2, 0.25) is 0 Å². The van der Waals surface area contributed by atoms with Crippen molar-refractivity contribution in [1.29, 1.82) is 0 Å². The molecule has 0 bridgehead atoms. The summed E-state index contributed by atoms with van der Waals surface area (Å²) in [6.07, 6.45) is 1.92. The second-order valence-corrected chi connectivity index (χ2v) is 4.56. The number of amides is 2. The molecular weight excluding hydrogens is 214 g/mol. The zero-order valence-corrected chi connectivity index (χ0v) is 10.2. The second-order valence-electron chi connectivity index (χ2n) is 4.56. The van der Waals surface area contributed by atoms with E-state index < -0.39 is 6.03 Å². The third kappa shape index (κ3) is 2.46. The maximum Gasteiger partial charge on any atom is 0.332 e. The number of rotatable bonds is 1. The quantitative estimate of drug-likeness (QED) is 0.715. The number of carbonyl (C=O) groups excluding carboxylic acids is 1. The minimum atomic E-state index is -0.620. The largest absolute Gasteiger partial charge is 0.350 e.